The first-order chi connectivity index (χ1) is 14.2. The molecule has 1 fully saturated rings. The van der Waals surface area contributed by atoms with Crippen molar-refractivity contribution in [2.24, 2.45) is 11.8 Å². The van der Waals surface area contributed by atoms with E-state index < -0.39 is 6.04 Å². The lowest BCUT2D eigenvalue weighted by Crippen LogP contribution is -2.52. The first-order valence-electron chi connectivity index (χ1n) is 10.3. The molecule has 1 unspecified atom stereocenters. The van der Waals surface area contributed by atoms with Gasteiger partial charge in [-0.15, -0.1) is 11.3 Å². The summed E-state index contributed by atoms with van der Waals surface area (Å²) in [6, 6.07) is 2.77. The number of rotatable bonds is 8. The van der Waals surface area contributed by atoms with Crippen LogP contribution in [0.15, 0.2) is 17.5 Å². The fraction of sp³-hybridized carbons (Fsp3) is 0.619. The maximum absolute atomic E-state index is 12.9. The highest BCUT2D eigenvalue weighted by atomic mass is 32.1. The Bertz CT molecular complexity index is 742. The van der Waals surface area contributed by atoms with Gasteiger partial charge in [0.2, 0.25) is 11.8 Å². The highest BCUT2D eigenvalue weighted by molar-refractivity contribution is 7.12. The molecule has 1 aliphatic rings. The average Bonchev–Trinajstić information content (AvgIpc) is 3.26. The quantitative estimate of drug-likeness (QED) is 0.625. The summed E-state index contributed by atoms with van der Waals surface area (Å²) in [4.78, 5) is 53.3. The van der Waals surface area contributed by atoms with Gasteiger partial charge in [-0.2, -0.15) is 0 Å². The van der Waals surface area contributed by atoms with Gasteiger partial charge in [0.1, 0.15) is 6.04 Å². The molecule has 30 heavy (non-hydrogen) atoms. The first-order valence-corrected chi connectivity index (χ1v) is 11.2. The van der Waals surface area contributed by atoms with E-state index in [1.165, 1.54) is 16.2 Å². The number of nitrogens with one attached hydrogen (secondary N) is 1. The molecule has 0 saturated carbocycles. The Balaban J connectivity index is 1.89. The van der Waals surface area contributed by atoms with E-state index in [9.17, 15) is 19.2 Å². The zero-order chi connectivity index (χ0) is 22.3. The molecule has 2 heterocycles. The van der Waals surface area contributed by atoms with Gasteiger partial charge in [0.25, 0.3) is 5.91 Å². The SMILES string of the molecule is CCOC(=O)C1CCN(C(=O)CN(C)C(=O)C(NC(=O)c2cccs2)C(C)C)CC1. The number of likely N-dealkylation sites (N-methyl/N-ethyl adjacent to an activating group) is 1. The number of thiophene rings is 1. The van der Waals surface area contributed by atoms with Gasteiger partial charge in [-0.25, -0.2) is 0 Å². The summed E-state index contributed by atoms with van der Waals surface area (Å²) in [6.45, 7) is 6.70. The summed E-state index contributed by atoms with van der Waals surface area (Å²) in [6.07, 6.45) is 1.13. The Morgan fingerprint density at radius 2 is 1.93 bits per heavy atom. The van der Waals surface area contributed by atoms with E-state index >= 15 is 0 Å². The number of ether oxygens (including phenoxy) is 1. The second-order valence-electron chi connectivity index (χ2n) is 7.77. The lowest BCUT2D eigenvalue weighted by molar-refractivity contribution is -0.151. The molecule has 9 heteroatoms. The molecule has 1 saturated heterocycles. The topological polar surface area (TPSA) is 96.0 Å². The summed E-state index contributed by atoms with van der Waals surface area (Å²) < 4.78 is 5.05. The molecule has 166 valence electrons. The molecule has 8 nitrogen and oxygen atoms in total. The summed E-state index contributed by atoms with van der Waals surface area (Å²) >= 11 is 1.31. The van der Waals surface area contributed by atoms with Crippen LogP contribution in [0.5, 0.6) is 0 Å². The number of carbonyl (C=O) groups is 4. The Hall–Kier alpha value is -2.42. The molecule has 0 radical (unpaired) electrons. The number of carbonyl (C=O) groups excluding carboxylic acids is 4. The number of esters is 1. The molecule has 0 spiro atoms. The van der Waals surface area contributed by atoms with E-state index in [0.717, 1.165) is 0 Å². The van der Waals surface area contributed by atoms with Gasteiger partial charge < -0.3 is 19.9 Å². The summed E-state index contributed by atoms with van der Waals surface area (Å²) in [5.41, 5.74) is 0. The Morgan fingerprint density at radius 3 is 2.47 bits per heavy atom. The van der Waals surface area contributed by atoms with Gasteiger partial charge in [-0.05, 0) is 37.1 Å². The van der Waals surface area contributed by atoms with Crippen LogP contribution in [-0.4, -0.2) is 72.8 Å². The van der Waals surface area contributed by atoms with Crippen LogP contribution in [0.2, 0.25) is 0 Å². The van der Waals surface area contributed by atoms with Crippen molar-refractivity contribution < 1.29 is 23.9 Å². The lowest BCUT2D eigenvalue weighted by atomic mass is 9.97. The normalized spacial score (nSPS) is 15.6. The molecule has 0 aromatic carbocycles. The number of amides is 3. The molecule has 2 rings (SSSR count). The molecular formula is C21H31N3O5S. The number of piperidine rings is 1. The van der Waals surface area contributed by atoms with Crippen LogP contribution in [0.1, 0.15) is 43.3 Å². The smallest absolute Gasteiger partial charge is 0.309 e. The van der Waals surface area contributed by atoms with E-state index in [4.69, 9.17) is 4.74 Å². The minimum Gasteiger partial charge on any atom is -0.466 e. The van der Waals surface area contributed by atoms with Crippen LogP contribution in [0.4, 0.5) is 0 Å². The molecule has 0 aliphatic carbocycles. The third-order valence-corrected chi connectivity index (χ3v) is 6.05. The Kier molecular flexibility index (Phi) is 8.83. The highest BCUT2D eigenvalue weighted by Gasteiger charge is 2.31. The number of hydrogen-bond donors (Lipinski definition) is 1. The standard InChI is InChI=1S/C21H31N3O5S/c1-5-29-21(28)15-8-10-24(11-9-15)17(25)13-23(4)20(27)18(14(2)3)22-19(26)16-7-6-12-30-16/h6-7,12,14-15,18H,5,8-11,13H2,1-4H3,(H,22,26). The molecule has 1 atom stereocenters. The number of nitrogens with zero attached hydrogens (tertiary/aromatic N) is 2. The van der Waals surface area contributed by atoms with Gasteiger partial charge in [0.15, 0.2) is 0 Å². The monoisotopic (exact) mass is 437 g/mol. The predicted octanol–water partition coefficient (Wildman–Crippen LogP) is 1.76. The third kappa shape index (κ3) is 6.29. The van der Waals surface area contributed by atoms with E-state index in [2.05, 4.69) is 5.32 Å². The molecule has 1 aliphatic heterocycles. The van der Waals surface area contributed by atoms with Crippen molar-refractivity contribution in [3.05, 3.63) is 22.4 Å². The number of hydrogen-bond acceptors (Lipinski definition) is 6. The van der Waals surface area contributed by atoms with Crippen molar-refractivity contribution in [1.82, 2.24) is 15.1 Å². The van der Waals surface area contributed by atoms with E-state index in [1.807, 2.05) is 13.8 Å². The van der Waals surface area contributed by atoms with Crippen LogP contribution in [-0.2, 0) is 19.1 Å². The van der Waals surface area contributed by atoms with E-state index in [-0.39, 0.29) is 42.1 Å². The second kappa shape index (κ2) is 11.1. The first kappa shape index (κ1) is 23.9. The largest absolute Gasteiger partial charge is 0.466 e. The van der Waals surface area contributed by atoms with Crippen molar-refractivity contribution in [1.29, 1.82) is 0 Å². The van der Waals surface area contributed by atoms with Crippen molar-refractivity contribution in [2.45, 2.75) is 39.7 Å². The lowest BCUT2D eigenvalue weighted by Gasteiger charge is -2.33. The Labute approximate surface area is 181 Å². The maximum Gasteiger partial charge on any atom is 0.309 e. The van der Waals surface area contributed by atoms with E-state index in [1.54, 1.807) is 36.4 Å². The molecular weight excluding hydrogens is 406 g/mol. The number of likely N-dealkylation sites (tertiary alicyclic amines) is 1. The third-order valence-electron chi connectivity index (χ3n) is 5.18. The fourth-order valence-corrected chi connectivity index (χ4v) is 4.00. The molecule has 1 aromatic heterocycles. The Morgan fingerprint density at radius 1 is 1.27 bits per heavy atom. The summed E-state index contributed by atoms with van der Waals surface area (Å²) in [5, 5.41) is 4.59. The maximum atomic E-state index is 12.9. The van der Waals surface area contributed by atoms with Crippen LogP contribution >= 0.6 is 11.3 Å². The van der Waals surface area contributed by atoms with Crippen LogP contribution in [0.3, 0.4) is 0 Å². The van der Waals surface area contributed by atoms with Crippen molar-refractivity contribution >= 4 is 35.0 Å². The molecule has 3 amide bonds. The van der Waals surface area contributed by atoms with Crippen LogP contribution in [0, 0.1) is 11.8 Å². The zero-order valence-electron chi connectivity index (χ0n) is 18.1. The minimum absolute atomic E-state index is 0.0685. The van der Waals surface area contributed by atoms with Crippen LogP contribution in [0.25, 0.3) is 0 Å². The van der Waals surface area contributed by atoms with Gasteiger partial charge >= 0.3 is 5.97 Å². The predicted molar refractivity (Wildman–Crippen MR) is 114 cm³/mol. The fourth-order valence-electron chi connectivity index (χ4n) is 3.38. The van der Waals surface area contributed by atoms with Crippen molar-refractivity contribution in [3.8, 4) is 0 Å². The summed E-state index contributed by atoms with van der Waals surface area (Å²) in [5.74, 6) is -1.27. The van der Waals surface area contributed by atoms with Gasteiger partial charge in [-0.3, -0.25) is 19.2 Å². The summed E-state index contributed by atoms with van der Waals surface area (Å²) in [7, 11) is 1.57. The molecule has 1 aromatic rings. The van der Waals surface area contributed by atoms with Gasteiger partial charge in [0, 0.05) is 20.1 Å². The average molecular weight is 438 g/mol. The highest BCUT2D eigenvalue weighted by Crippen LogP contribution is 2.19. The van der Waals surface area contributed by atoms with Gasteiger partial charge in [-0.1, -0.05) is 19.9 Å². The molecule has 1 N–H and O–H groups in total. The van der Waals surface area contributed by atoms with Gasteiger partial charge in [0.05, 0.1) is 23.9 Å². The van der Waals surface area contributed by atoms with Crippen LogP contribution < -0.4 is 5.32 Å². The van der Waals surface area contributed by atoms with Crippen molar-refractivity contribution in [3.63, 3.8) is 0 Å². The second-order valence-corrected chi connectivity index (χ2v) is 8.72. The molecule has 0 bridgehead atoms. The van der Waals surface area contributed by atoms with Crippen molar-refractivity contribution in [2.75, 3.05) is 33.3 Å². The minimum atomic E-state index is -0.716. The van der Waals surface area contributed by atoms with E-state index in [0.29, 0.717) is 37.4 Å². The zero-order valence-corrected chi connectivity index (χ0v) is 18.9.